The minimum Gasteiger partial charge on any atom is -0.302 e. The third-order valence-electron chi connectivity index (χ3n) is 7.61. The number of benzene rings is 3. The lowest BCUT2D eigenvalue weighted by Gasteiger charge is -2.41. The summed E-state index contributed by atoms with van der Waals surface area (Å²) in [5.74, 6) is -0.144. The first-order valence-electron chi connectivity index (χ1n) is 13.0. The summed E-state index contributed by atoms with van der Waals surface area (Å²) in [6, 6.07) is 19.2. The second-order valence-corrected chi connectivity index (χ2v) is 10.5. The lowest BCUT2D eigenvalue weighted by Crippen LogP contribution is -2.48. The molecule has 38 heavy (non-hydrogen) atoms. The average Bonchev–Trinajstić information content (AvgIpc) is 3.06. The Morgan fingerprint density at radius 3 is 2.32 bits per heavy atom. The lowest BCUT2D eigenvalue weighted by atomic mass is 9.85. The van der Waals surface area contributed by atoms with Crippen molar-refractivity contribution in [1.29, 1.82) is 0 Å². The van der Waals surface area contributed by atoms with Gasteiger partial charge in [-0.05, 0) is 70.7 Å². The number of hydrogen-bond acceptors (Lipinski definition) is 1. The van der Waals surface area contributed by atoms with Crippen LogP contribution in [0.15, 0.2) is 66.7 Å². The topological polar surface area (TPSA) is 3.24 Å². The van der Waals surface area contributed by atoms with Gasteiger partial charge in [0.2, 0.25) is 0 Å². The maximum atomic E-state index is 15.3. The molecule has 2 aliphatic rings. The summed E-state index contributed by atoms with van der Waals surface area (Å²) >= 11 is 6.10. The Labute approximate surface area is 224 Å². The standard InChI is InChI=1S/C31H29ClF5N/c32-27-11-4-10-26(29(27)31(35,36)37)25-9-3-7-20-6-1-2-8-24(20)28(25)21-12-14-22(15-13-21)30(34)23-18-38(19-23)17-5-16-33/h1-2,4,6,8,10-15,23,30H,3,5,7,9,16-19H2. The number of allylic oxidation sites excluding steroid dienone is 1. The van der Waals surface area contributed by atoms with Gasteiger partial charge in [-0.1, -0.05) is 72.3 Å². The minimum absolute atomic E-state index is 0.0898. The molecule has 0 bridgehead atoms. The molecule has 5 rings (SSSR count). The van der Waals surface area contributed by atoms with E-state index >= 15 is 4.39 Å². The molecule has 0 aromatic heterocycles. The highest BCUT2D eigenvalue weighted by Gasteiger charge is 2.38. The van der Waals surface area contributed by atoms with E-state index in [2.05, 4.69) is 0 Å². The van der Waals surface area contributed by atoms with Gasteiger partial charge >= 0.3 is 6.18 Å². The van der Waals surface area contributed by atoms with Crippen molar-refractivity contribution >= 4 is 22.7 Å². The van der Waals surface area contributed by atoms with Gasteiger partial charge in [0.05, 0.1) is 17.3 Å². The zero-order chi connectivity index (χ0) is 26.9. The molecular weight excluding hydrogens is 517 g/mol. The van der Waals surface area contributed by atoms with Gasteiger partial charge in [0.1, 0.15) is 6.17 Å². The van der Waals surface area contributed by atoms with Crippen molar-refractivity contribution < 1.29 is 22.0 Å². The van der Waals surface area contributed by atoms with E-state index in [9.17, 15) is 17.6 Å². The van der Waals surface area contributed by atoms with Crippen LogP contribution in [0.4, 0.5) is 22.0 Å². The maximum absolute atomic E-state index is 15.3. The highest BCUT2D eigenvalue weighted by atomic mass is 35.5. The molecule has 1 aliphatic carbocycles. The number of likely N-dealkylation sites (tertiary alicyclic amines) is 1. The van der Waals surface area contributed by atoms with Crippen molar-refractivity contribution in [3.8, 4) is 0 Å². The molecule has 1 fully saturated rings. The molecule has 7 heteroatoms. The van der Waals surface area contributed by atoms with Crippen LogP contribution < -0.4 is 0 Å². The van der Waals surface area contributed by atoms with Gasteiger partial charge in [-0.15, -0.1) is 0 Å². The Hall–Kier alpha value is -2.70. The van der Waals surface area contributed by atoms with E-state index in [1.54, 1.807) is 18.2 Å². The Kier molecular flexibility index (Phi) is 7.92. The van der Waals surface area contributed by atoms with Crippen molar-refractivity contribution in [2.24, 2.45) is 5.92 Å². The number of alkyl halides is 5. The Morgan fingerprint density at radius 2 is 1.61 bits per heavy atom. The molecule has 1 unspecified atom stereocenters. The number of fused-ring (bicyclic) bond motifs is 1. The van der Waals surface area contributed by atoms with Crippen LogP contribution in [-0.2, 0) is 12.6 Å². The van der Waals surface area contributed by atoms with Crippen LogP contribution in [0.3, 0.4) is 0 Å². The molecule has 3 aromatic rings. The van der Waals surface area contributed by atoms with Gasteiger partial charge in [-0.3, -0.25) is 4.39 Å². The molecule has 200 valence electrons. The van der Waals surface area contributed by atoms with E-state index in [-0.39, 0.29) is 23.2 Å². The van der Waals surface area contributed by atoms with E-state index in [0.29, 0.717) is 50.0 Å². The average molecular weight is 546 g/mol. The number of rotatable bonds is 7. The Balaban J connectivity index is 1.56. The summed E-state index contributed by atoms with van der Waals surface area (Å²) in [7, 11) is 0. The van der Waals surface area contributed by atoms with E-state index in [1.807, 2.05) is 41.3 Å². The monoisotopic (exact) mass is 545 g/mol. The molecule has 1 atom stereocenters. The summed E-state index contributed by atoms with van der Waals surface area (Å²) < 4.78 is 70.2. The maximum Gasteiger partial charge on any atom is 0.418 e. The molecule has 0 N–H and O–H groups in total. The van der Waals surface area contributed by atoms with Gasteiger partial charge in [-0.2, -0.15) is 13.2 Å². The summed E-state index contributed by atoms with van der Waals surface area (Å²) in [5.41, 5.74) is 3.85. The predicted molar refractivity (Wildman–Crippen MR) is 143 cm³/mol. The third kappa shape index (κ3) is 5.39. The van der Waals surface area contributed by atoms with Gasteiger partial charge in [-0.25, -0.2) is 4.39 Å². The van der Waals surface area contributed by atoms with Crippen LogP contribution in [0.5, 0.6) is 0 Å². The first kappa shape index (κ1) is 26.9. The quantitative estimate of drug-likeness (QED) is 0.268. The van der Waals surface area contributed by atoms with Crippen LogP contribution >= 0.6 is 11.6 Å². The van der Waals surface area contributed by atoms with Crippen LogP contribution in [0.1, 0.15) is 58.8 Å². The van der Waals surface area contributed by atoms with Crippen molar-refractivity contribution in [2.75, 3.05) is 26.3 Å². The molecule has 1 heterocycles. The molecule has 1 saturated heterocycles. The molecule has 0 spiro atoms. The fraction of sp³-hybridized carbons (Fsp3) is 0.355. The second-order valence-electron chi connectivity index (χ2n) is 10.1. The van der Waals surface area contributed by atoms with Gasteiger partial charge < -0.3 is 4.90 Å². The van der Waals surface area contributed by atoms with Crippen molar-refractivity contribution in [1.82, 2.24) is 4.90 Å². The summed E-state index contributed by atoms with van der Waals surface area (Å²) in [4.78, 5) is 2.05. The fourth-order valence-electron chi connectivity index (χ4n) is 5.75. The van der Waals surface area contributed by atoms with E-state index < -0.39 is 17.9 Å². The first-order valence-corrected chi connectivity index (χ1v) is 13.4. The van der Waals surface area contributed by atoms with E-state index in [0.717, 1.165) is 28.7 Å². The third-order valence-corrected chi connectivity index (χ3v) is 7.92. The Bertz CT molecular complexity index is 1310. The smallest absolute Gasteiger partial charge is 0.302 e. The molecule has 1 aliphatic heterocycles. The van der Waals surface area contributed by atoms with E-state index in [4.69, 9.17) is 11.6 Å². The van der Waals surface area contributed by atoms with Gasteiger partial charge in [0.25, 0.3) is 0 Å². The lowest BCUT2D eigenvalue weighted by molar-refractivity contribution is -0.137. The highest BCUT2D eigenvalue weighted by molar-refractivity contribution is 6.31. The second kappa shape index (κ2) is 11.2. The predicted octanol–water partition coefficient (Wildman–Crippen LogP) is 8.96. The Morgan fingerprint density at radius 1 is 0.895 bits per heavy atom. The minimum atomic E-state index is -4.61. The first-order chi connectivity index (χ1) is 18.3. The van der Waals surface area contributed by atoms with Crippen molar-refractivity contribution in [2.45, 2.75) is 38.0 Å². The number of hydrogen-bond donors (Lipinski definition) is 0. The van der Waals surface area contributed by atoms with Crippen LogP contribution in [0.2, 0.25) is 5.02 Å². The molecule has 1 nitrogen and oxygen atoms in total. The van der Waals surface area contributed by atoms with Crippen molar-refractivity contribution in [3.63, 3.8) is 0 Å². The van der Waals surface area contributed by atoms with Crippen molar-refractivity contribution in [3.05, 3.63) is 105 Å². The van der Waals surface area contributed by atoms with E-state index in [1.165, 1.54) is 12.1 Å². The molecular formula is C31H29ClF5N. The SMILES string of the molecule is FCCCN1CC(C(F)c2ccc(C3=C(c4cccc(Cl)c4C(F)(F)F)CCCc4ccccc43)cc2)C1. The zero-order valence-electron chi connectivity index (χ0n) is 20.9. The summed E-state index contributed by atoms with van der Waals surface area (Å²) in [6.07, 6.45) is -3.40. The molecule has 0 radical (unpaired) electrons. The van der Waals surface area contributed by atoms with Gasteiger partial charge in [0, 0.05) is 25.6 Å². The molecule has 0 amide bonds. The number of aryl methyl sites for hydroxylation is 1. The summed E-state index contributed by atoms with van der Waals surface area (Å²) in [6.45, 7) is 1.46. The molecule has 3 aromatic carbocycles. The van der Waals surface area contributed by atoms with Crippen LogP contribution in [0.25, 0.3) is 11.1 Å². The summed E-state index contributed by atoms with van der Waals surface area (Å²) in [5, 5.41) is -0.323. The zero-order valence-corrected chi connectivity index (χ0v) is 21.6. The number of halogens is 6. The molecule has 0 saturated carbocycles. The number of nitrogens with zero attached hydrogens (tertiary/aromatic N) is 1. The largest absolute Gasteiger partial charge is 0.418 e. The van der Waals surface area contributed by atoms with Gasteiger partial charge in [0.15, 0.2) is 0 Å². The highest BCUT2D eigenvalue weighted by Crippen LogP contribution is 2.46. The normalized spacial score (nSPS) is 17.6. The fourth-order valence-corrected chi connectivity index (χ4v) is 6.04. The van der Waals surface area contributed by atoms with Crippen LogP contribution in [0, 0.1) is 5.92 Å². The van der Waals surface area contributed by atoms with Crippen LogP contribution in [-0.4, -0.2) is 31.2 Å².